The molecule has 550 valence electrons. The number of ketones is 2. The SMILES string of the molecule is CC(C)c1ccc(C(=O)CC2CCC(Oc3ccc(C#N)c(Cl)c3)CC2)nc1.CC(C)c1ncc(C(=O)CC2CCC(Oc3ccc(C#N)c(Cl)c3)CC2)cc1F.CC(C)c1ncc(C2CCC(Oc3ccc(C#N)c(Cl)c3)CC2)[nH]1.CC(C)n1ccc(C2CCC(Oc3ccc(C#N)c(Cl)c3)CC2)n1. The van der Waals surface area contributed by atoms with E-state index in [4.69, 9.17) is 91.5 Å². The molecule has 21 heteroatoms. The van der Waals surface area contributed by atoms with Crippen LogP contribution in [0.3, 0.4) is 0 Å². The zero-order chi connectivity index (χ0) is 75.3. The number of nitriles is 4. The van der Waals surface area contributed by atoms with Crippen molar-refractivity contribution in [1.82, 2.24) is 29.7 Å². The quantitative estimate of drug-likeness (QED) is 0.0699. The smallest absolute Gasteiger partial charge is 0.181 e. The van der Waals surface area contributed by atoms with Crippen LogP contribution in [-0.2, 0) is 0 Å². The van der Waals surface area contributed by atoms with Gasteiger partial charge in [0.2, 0.25) is 0 Å². The predicted octanol–water partition coefficient (Wildman–Crippen LogP) is 22.3. The van der Waals surface area contributed by atoms with Gasteiger partial charge in [-0.3, -0.25) is 24.2 Å². The first-order chi connectivity index (χ1) is 50.4. The van der Waals surface area contributed by atoms with Crippen LogP contribution in [-0.4, -0.2) is 65.7 Å². The van der Waals surface area contributed by atoms with Gasteiger partial charge in [-0.2, -0.15) is 26.1 Å². The molecule has 4 aliphatic carbocycles. The van der Waals surface area contributed by atoms with Crippen LogP contribution in [0.1, 0.15) is 278 Å². The summed E-state index contributed by atoms with van der Waals surface area (Å²) in [5.74, 6) is 6.08. The second-order valence-corrected chi connectivity index (χ2v) is 30.7. The molecular formula is C84H93Cl4FN10O6. The summed E-state index contributed by atoms with van der Waals surface area (Å²) >= 11 is 24.2. The number of nitrogens with zero attached hydrogens (tertiary/aromatic N) is 9. The van der Waals surface area contributed by atoms with Crippen LogP contribution in [0.5, 0.6) is 23.0 Å². The van der Waals surface area contributed by atoms with Gasteiger partial charge in [-0.25, -0.2) is 9.37 Å². The van der Waals surface area contributed by atoms with Crippen LogP contribution in [0.2, 0.25) is 20.1 Å². The number of halogens is 5. The molecule has 8 aromatic rings. The number of hydrogen-bond acceptors (Lipinski definition) is 14. The van der Waals surface area contributed by atoms with Gasteiger partial charge in [-0.05, 0) is 213 Å². The molecule has 4 aliphatic rings. The van der Waals surface area contributed by atoms with Crippen LogP contribution in [0.4, 0.5) is 4.39 Å². The Morgan fingerprint density at radius 1 is 0.486 bits per heavy atom. The molecule has 0 amide bonds. The van der Waals surface area contributed by atoms with Crippen molar-refractivity contribution in [3.8, 4) is 47.3 Å². The molecule has 16 nitrogen and oxygen atoms in total. The van der Waals surface area contributed by atoms with E-state index in [1.54, 1.807) is 60.7 Å². The number of ether oxygens (including phenoxy) is 4. The third kappa shape index (κ3) is 23.3. The fourth-order valence-corrected chi connectivity index (χ4v) is 14.5. The highest BCUT2D eigenvalue weighted by atomic mass is 35.5. The van der Waals surface area contributed by atoms with Gasteiger partial charge in [0, 0.05) is 96.9 Å². The zero-order valence-corrected chi connectivity index (χ0v) is 64.1. The number of aromatic nitrogens is 6. The number of aromatic amines is 1. The lowest BCUT2D eigenvalue weighted by Gasteiger charge is -2.28. The Morgan fingerprint density at radius 2 is 0.905 bits per heavy atom. The number of rotatable bonds is 20. The summed E-state index contributed by atoms with van der Waals surface area (Å²) in [6.07, 6.45) is 24.5. The van der Waals surface area contributed by atoms with Crippen molar-refractivity contribution in [2.75, 3.05) is 0 Å². The number of benzene rings is 4. The largest absolute Gasteiger partial charge is 0.490 e. The van der Waals surface area contributed by atoms with E-state index >= 15 is 0 Å². The van der Waals surface area contributed by atoms with Crippen molar-refractivity contribution in [3.63, 3.8) is 0 Å². The van der Waals surface area contributed by atoms with E-state index in [9.17, 15) is 14.0 Å². The summed E-state index contributed by atoms with van der Waals surface area (Å²) in [5, 5.41) is 42.1. The lowest BCUT2D eigenvalue weighted by Crippen LogP contribution is -2.25. The van der Waals surface area contributed by atoms with Gasteiger partial charge in [0.05, 0.1) is 78.1 Å². The molecule has 0 bridgehead atoms. The van der Waals surface area contributed by atoms with Gasteiger partial charge in [0.15, 0.2) is 11.6 Å². The Balaban J connectivity index is 0.000000163. The minimum Gasteiger partial charge on any atom is -0.490 e. The first-order valence-electron chi connectivity index (χ1n) is 36.7. The van der Waals surface area contributed by atoms with E-state index < -0.39 is 5.82 Å². The van der Waals surface area contributed by atoms with E-state index in [2.05, 4.69) is 85.9 Å². The number of carbonyl (C=O) groups excluding carboxylic acids is 2. The van der Waals surface area contributed by atoms with E-state index in [0.717, 1.165) is 126 Å². The topological polar surface area (TPSA) is 238 Å². The second-order valence-electron chi connectivity index (χ2n) is 29.0. The highest BCUT2D eigenvalue weighted by molar-refractivity contribution is 6.32. The molecule has 4 fully saturated rings. The Labute approximate surface area is 637 Å². The molecule has 0 aliphatic heterocycles. The Hall–Kier alpha value is -8.81. The van der Waals surface area contributed by atoms with Crippen LogP contribution in [0.15, 0.2) is 122 Å². The molecule has 0 saturated heterocycles. The summed E-state index contributed by atoms with van der Waals surface area (Å²) in [6.45, 7) is 16.6. The van der Waals surface area contributed by atoms with E-state index in [1.165, 1.54) is 23.7 Å². The molecule has 12 rings (SSSR count). The van der Waals surface area contributed by atoms with Crippen molar-refractivity contribution in [3.05, 3.63) is 210 Å². The second kappa shape index (κ2) is 39.0. The molecule has 0 spiro atoms. The highest BCUT2D eigenvalue weighted by Crippen LogP contribution is 2.39. The number of hydrogen-bond donors (Lipinski definition) is 1. The molecule has 0 atom stereocenters. The summed E-state index contributed by atoms with van der Waals surface area (Å²) < 4.78 is 40.2. The van der Waals surface area contributed by atoms with Crippen LogP contribution in [0.25, 0.3) is 0 Å². The molecule has 0 radical (unpaired) electrons. The lowest BCUT2D eigenvalue weighted by molar-refractivity contribution is 0.0894. The van der Waals surface area contributed by atoms with Crippen molar-refractivity contribution < 1.29 is 32.9 Å². The highest BCUT2D eigenvalue weighted by Gasteiger charge is 2.30. The van der Waals surface area contributed by atoms with Gasteiger partial charge in [-0.15, -0.1) is 0 Å². The molecule has 4 heterocycles. The first-order valence-corrected chi connectivity index (χ1v) is 38.2. The summed E-state index contributed by atoms with van der Waals surface area (Å²) in [4.78, 5) is 41.5. The molecule has 105 heavy (non-hydrogen) atoms. The molecule has 4 saturated carbocycles. The third-order valence-corrected chi connectivity index (χ3v) is 21.2. The maximum atomic E-state index is 14.1. The summed E-state index contributed by atoms with van der Waals surface area (Å²) in [5.41, 5.74) is 6.73. The number of pyridine rings is 2. The number of imidazole rings is 1. The molecule has 4 aromatic carbocycles. The molecule has 0 unspecified atom stereocenters. The maximum absolute atomic E-state index is 14.1. The zero-order valence-electron chi connectivity index (χ0n) is 61.1. The van der Waals surface area contributed by atoms with Gasteiger partial charge >= 0.3 is 0 Å². The Kier molecular flexibility index (Phi) is 29.8. The first kappa shape index (κ1) is 80.3. The van der Waals surface area contributed by atoms with Crippen molar-refractivity contribution in [1.29, 1.82) is 21.0 Å². The monoisotopic (exact) mass is 1500 g/mol. The van der Waals surface area contributed by atoms with Crippen molar-refractivity contribution in [2.24, 2.45) is 11.8 Å². The van der Waals surface area contributed by atoms with Gasteiger partial charge in [0.25, 0.3) is 0 Å². The Morgan fingerprint density at radius 3 is 1.25 bits per heavy atom. The minimum absolute atomic E-state index is 0.0135. The molecule has 4 aromatic heterocycles. The number of nitrogens with one attached hydrogen (secondary N) is 1. The van der Waals surface area contributed by atoms with Gasteiger partial charge in [-0.1, -0.05) is 94.0 Å². The van der Waals surface area contributed by atoms with Crippen molar-refractivity contribution in [2.45, 2.75) is 231 Å². The molecular weight excluding hydrogens is 1410 g/mol. The third-order valence-electron chi connectivity index (χ3n) is 20.0. The minimum atomic E-state index is -0.413. The van der Waals surface area contributed by atoms with Crippen LogP contribution < -0.4 is 18.9 Å². The number of Topliss-reactive ketones (excluding diaryl/α,β-unsaturated/α-hetero) is 2. The van der Waals surface area contributed by atoms with E-state index in [0.29, 0.717) is 119 Å². The fourth-order valence-electron chi connectivity index (χ4n) is 13.7. The Bertz CT molecular complexity index is 4260. The van der Waals surface area contributed by atoms with Crippen LogP contribution >= 0.6 is 46.4 Å². The normalized spacial score (nSPS) is 19.9. The van der Waals surface area contributed by atoms with Gasteiger partial charge < -0.3 is 23.9 Å². The summed E-state index contributed by atoms with van der Waals surface area (Å²) in [6, 6.07) is 36.7. The number of carbonyl (C=O) groups is 2. The maximum Gasteiger partial charge on any atom is 0.181 e. The van der Waals surface area contributed by atoms with E-state index in [1.807, 2.05) is 67.3 Å². The van der Waals surface area contributed by atoms with Gasteiger partial charge in [0.1, 0.15) is 64.6 Å². The summed E-state index contributed by atoms with van der Waals surface area (Å²) in [7, 11) is 0. The average Bonchev–Trinajstić information content (AvgIpc) is 1.48. The standard InChI is InChI=1S/C23H24ClFN2O2.C23H25ClN2O2.2C19H22ClN3O/c1-14(2)23-21(25)10-17(13-27-23)22(28)9-15-3-6-18(7-4-15)29-19-8-5-16(12-26)20(24)11-19;1-15(2)18-6-10-22(26-14-18)23(27)11-16-3-7-19(8-4-16)28-20-9-5-17(13-25)21(24)12-20;1-12(2)19-22-11-18(23-19)13-3-6-15(7-4-13)24-16-8-5-14(10-21)17(20)9-16;1-13(2)23-10-9-19(22-23)14-3-6-16(7-4-14)24-17-8-5-15(12-21)18(20)11-17/h5,8,10-11,13-15,18H,3-4,6-7,9H2,1-2H3;5-6,9-10,12,14-16,19H,3-4,7-8,11H2,1-2H3;5,8-9,11-13,15H,3-4,6-7H2,1-2H3,(H,22,23);5,8-11,13-14,16H,3-4,6-7H2,1-2H3. The lowest BCUT2D eigenvalue weighted by atomic mass is 9.83. The molecule has 1 N–H and O–H groups in total. The van der Waals surface area contributed by atoms with Crippen LogP contribution in [0, 0.1) is 63.0 Å². The van der Waals surface area contributed by atoms with Crippen molar-refractivity contribution >= 4 is 58.0 Å². The average molecular weight is 1500 g/mol. The predicted molar refractivity (Wildman–Crippen MR) is 408 cm³/mol. The number of H-pyrrole nitrogens is 1. The van der Waals surface area contributed by atoms with E-state index in [-0.39, 0.29) is 47.8 Å². The fraction of sp³-hybridized carbons (Fsp3) is 0.452.